The molecule has 3 aromatic rings. The Morgan fingerprint density at radius 1 is 0.812 bits per heavy atom. The molecule has 0 N–H and O–H groups in total. The zero-order valence-electron chi connectivity index (χ0n) is 8.47. The van der Waals surface area contributed by atoms with Crippen molar-refractivity contribution < 1.29 is 20.4 Å². The number of nitrogens with zero attached hydrogens (tertiary/aromatic N) is 2. The minimum Gasteiger partial charge on any atom is -0.435 e. The molecule has 0 saturated carbocycles. The van der Waals surface area contributed by atoms with Gasteiger partial charge in [-0.15, -0.1) is 0 Å². The Hall–Kier alpha value is -1.43. The molecule has 0 unspecified atom stereocenters. The van der Waals surface area contributed by atoms with E-state index < -0.39 is 0 Å². The Morgan fingerprint density at radius 2 is 1.50 bits per heavy atom. The summed E-state index contributed by atoms with van der Waals surface area (Å²) >= 11 is 0. The second kappa shape index (κ2) is 4.61. The van der Waals surface area contributed by atoms with Crippen LogP contribution in [0, 0.1) is 0 Å². The van der Waals surface area contributed by atoms with E-state index in [2.05, 4.69) is 9.97 Å². The van der Waals surface area contributed by atoms with Crippen molar-refractivity contribution in [2.75, 3.05) is 0 Å². The molecule has 3 rings (SSSR count). The molecule has 0 saturated heterocycles. The number of hydrogen-bond acceptors (Lipinski definition) is 1. The monoisotopic (exact) mass is 380 g/mol. The van der Waals surface area contributed by atoms with Crippen molar-refractivity contribution in [1.82, 2.24) is 9.97 Å². The van der Waals surface area contributed by atoms with Crippen LogP contribution in [0.25, 0.3) is 22.4 Å². The van der Waals surface area contributed by atoms with Gasteiger partial charge in [-0.3, -0.25) is 0 Å². The summed E-state index contributed by atoms with van der Waals surface area (Å²) in [5, 5.41) is 0. The summed E-state index contributed by atoms with van der Waals surface area (Å²) in [7, 11) is 0. The van der Waals surface area contributed by atoms with Crippen LogP contribution in [0.3, 0.4) is 0 Å². The Balaban J connectivity index is 0.000000963. The summed E-state index contributed by atoms with van der Waals surface area (Å²) in [5.74, 6) is 0.803. The summed E-state index contributed by atoms with van der Waals surface area (Å²) in [4.78, 5) is 8.94. The minimum absolute atomic E-state index is 0. The molecular formula is C13H9N2Re-. The third-order valence-corrected chi connectivity index (χ3v) is 2.37. The summed E-state index contributed by atoms with van der Waals surface area (Å²) in [6, 6.07) is 17.9. The molecule has 0 aliphatic carbocycles. The van der Waals surface area contributed by atoms with Gasteiger partial charge < -0.3 is 9.97 Å². The Labute approximate surface area is 107 Å². The summed E-state index contributed by atoms with van der Waals surface area (Å²) in [6.07, 6.45) is 0. The van der Waals surface area contributed by atoms with Gasteiger partial charge >= 0.3 is 0 Å². The topological polar surface area (TPSA) is 27.0 Å². The number of para-hydroxylation sites is 2. The average molecular weight is 379 g/mol. The second-order valence-corrected chi connectivity index (χ2v) is 3.40. The first-order valence-corrected chi connectivity index (χ1v) is 4.88. The standard InChI is InChI=1S/C13H9N2.Re/c1-2-6-10(7-3-1)13-14-11-8-4-5-9-12(11)15-13;/h1-9H;/q-1;. The van der Waals surface area contributed by atoms with Crippen LogP contribution in [0.15, 0.2) is 54.6 Å². The first kappa shape index (κ1) is 11.1. The molecule has 1 heterocycles. The smallest absolute Gasteiger partial charge is 0 e. The molecule has 0 amide bonds. The van der Waals surface area contributed by atoms with Crippen molar-refractivity contribution in [1.29, 1.82) is 0 Å². The number of rotatable bonds is 1. The molecule has 0 spiro atoms. The molecule has 0 aliphatic rings. The number of benzene rings is 2. The first-order chi connectivity index (χ1) is 7.43. The van der Waals surface area contributed by atoms with Gasteiger partial charge in [0.2, 0.25) is 0 Å². The van der Waals surface area contributed by atoms with Crippen molar-refractivity contribution in [3.8, 4) is 11.4 Å². The molecule has 0 aliphatic heterocycles. The van der Waals surface area contributed by atoms with Gasteiger partial charge in [0, 0.05) is 20.4 Å². The van der Waals surface area contributed by atoms with Crippen LogP contribution in [0.5, 0.6) is 0 Å². The SMILES string of the molecule is [Re].c1ccc(-c2nc3ccccc3[n-]2)cc1. The zero-order chi connectivity index (χ0) is 10.1. The zero-order valence-corrected chi connectivity index (χ0v) is 11.2. The van der Waals surface area contributed by atoms with Gasteiger partial charge in [0.05, 0.1) is 0 Å². The van der Waals surface area contributed by atoms with Crippen LogP contribution in [-0.2, 0) is 20.4 Å². The summed E-state index contributed by atoms with van der Waals surface area (Å²) in [6.45, 7) is 0. The van der Waals surface area contributed by atoms with E-state index in [-0.39, 0.29) is 20.4 Å². The first-order valence-electron chi connectivity index (χ1n) is 4.88. The van der Waals surface area contributed by atoms with Gasteiger partial charge in [-0.25, -0.2) is 0 Å². The maximum absolute atomic E-state index is 4.47. The molecule has 1 aromatic heterocycles. The van der Waals surface area contributed by atoms with Crippen LogP contribution < -0.4 is 4.98 Å². The number of hydrogen-bond donors (Lipinski definition) is 0. The van der Waals surface area contributed by atoms with E-state index in [1.807, 2.05) is 54.6 Å². The van der Waals surface area contributed by atoms with Crippen molar-refractivity contribution >= 4 is 11.0 Å². The molecule has 1 radical (unpaired) electrons. The predicted molar refractivity (Wildman–Crippen MR) is 60.5 cm³/mol. The van der Waals surface area contributed by atoms with E-state index in [4.69, 9.17) is 0 Å². The van der Waals surface area contributed by atoms with Gasteiger partial charge in [0.1, 0.15) is 0 Å². The van der Waals surface area contributed by atoms with Crippen molar-refractivity contribution in [2.24, 2.45) is 0 Å². The van der Waals surface area contributed by atoms with E-state index in [0.29, 0.717) is 0 Å². The van der Waals surface area contributed by atoms with E-state index in [9.17, 15) is 0 Å². The number of aromatic nitrogens is 2. The largest absolute Gasteiger partial charge is 0.435 e. The van der Waals surface area contributed by atoms with E-state index in [1.165, 1.54) is 0 Å². The van der Waals surface area contributed by atoms with Gasteiger partial charge in [-0.05, 0) is 16.6 Å². The normalized spacial score (nSPS) is 10.0. The molecular weight excluding hydrogens is 370 g/mol. The van der Waals surface area contributed by atoms with Gasteiger partial charge in [-0.2, -0.15) is 0 Å². The molecule has 2 aromatic carbocycles. The molecule has 0 bridgehead atoms. The fraction of sp³-hybridized carbons (Fsp3) is 0. The van der Waals surface area contributed by atoms with Gasteiger partial charge in [0.15, 0.2) is 0 Å². The molecule has 16 heavy (non-hydrogen) atoms. The summed E-state index contributed by atoms with van der Waals surface area (Å²) < 4.78 is 0. The molecule has 3 heteroatoms. The van der Waals surface area contributed by atoms with Crippen molar-refractivity contribution in [3.63, 3.8) is 0 Å². The maximum atomic E-state index is 4.47. The molecule has 2 nitrogen and oxygen atoms in total. The third-order valence-electron chi connectivity index (χ3n) is 2.37. The van der Waals surface area contributed by atoms with Crippen LogP contribution >= 0.6 is 0 Å². The molecule has 79 valence electrons. The average Bonchev–Trinajstić information content (AvgIpc) is 2.74. The fourth-order valence-electron chi connectivity index (χ4n) is 1.62. The fourth-order valence-corrected chi connectivity index (χ4v) is 1.62. The van der Waals surface area contributed by atoms with Gasteiger partial charge in [-0.1, -0.05) is 60.4 Å². The predicted octanol–water partition coefficient (Wildman–Crippen LogP) is 2.86. The second-order valence-electron chi connectivity index (χ2n) is 3.40. The maximum Gasteiger partial charge on any atom is 0 e. The summed E-state index contributed by atoms with van der Waals surface area (Å²) in [5.41, 5.74) is 2.97. The van der Waals surface area contributed by atoms with Crippen LogP contribution in [-0.4, -0.2) is 4.98 Å². The van der Waals surface area contributed by atoms with E-state index in [0.717, 1.165) is 22.4 Å². The number of imidazole rings is 1. The van der Waals surface area contributed by atoms with E-state index >= 15 is 0 Å². The third kappa shape index (κ3) is 1.93. The quantitative estimate of drug-likeness (QED) is 0.650. The minimum atomic E-state index is 0. The number of fused-ring (bicyclic) bond motifs is 1. The van der Waals surface area contributed by atoms with Crippen molar-refractivity contribution in [3.05, 3.63) is 54.6 Å². The Morgan fingerprint density at radius 3 is 2.25 bits per heavy atom. The van der Waals surface area contributed by atoms with E-state index in [1.54, 1.807) is 0 Å². The van der Waals surface area contributed by atoms with Crippen LogP contribution in [0.4, 0.5) is 0 Å². The van der Waals surface area contributed by atoms with Crippen LogP contribution in [0.2, 0.25) is 0 Å². The van der Waals surface area contributed by atoms with Crippen molar-refractivity contribution in [2.45, 2.75) is 0 Å². The Bertz CT molecular complexity index is 554. The van der Waals surface area contributed by atoms with Gasteiger partial charge in [0.25, 0.3) is 0 Å². The van der Waals surface area contributed by atoms with Crippen LogP contribution in [0.1, 0.15) is 0 Å². The molecule has 0 fully saturated rings. The Kier molecular flexibility index (Phi) is 3.19. The molecule has 0 atom stereocenters.